The van der Waals surface area contributed by atoms with E-state index in [9.17, 15) is 18.0 Å². The predicted octanol–water partition coefficient (Wildman–Crippen LogP) is 5.16. The van der Waals surface area contributed by atoms with Crippen LogP contribution in [0, 0.1) is 6.92 Å². The van der Waals surface area contributed by atoms with Crippen molar-refractivity contribution in [1.82, 2.24) is 10.2 Å². The van der Waals surface area contributed by atoms with Gasteiger partial charge in [-0.15, -0.1) is 0 Å². The van der Waals surface area contributed by atoms with E-state index in [1.54, 1.807) is 51.1 Å². The SMILES string of the molecule is CCNC(=O)[C@H](C)N(Cc1ccc(Br)cc1)C(=O)CN(c1cc(Cl)ccc1C)S(=O)(=O)c1ccccc1. The van der Waals surface area contributed by atoms with Crippen LogP contribution in [0.4, 0.5) is 5.69 Å². The van der Waals surface area contributed by atoms with E-state index in [0.717, 1.165) is 14.3 Å². The van der Waals surface area contributed by atoms with E-state index in [0.29, 0.717) is 22.8 Å². The number of sulfonamides is 1. The lowest BCUT2D eigenvalue weighted by Gasteiger charge is -2.32. The molecule has 196 valence electrons. The van der Waals surface area contributed by atoms with E-state index in [2.05, 4.69) is 21.2 Å². The Morgan fingerprint density at radius 3 is 2.30 bits per heavy atom. The lowest BCUT2D eigenvalue weighted by Crippen LogP contribution is -2.51. The van der Waals surface area contributed by atoms with Crippen molar-refractivity contribution in [2.45, 2.75) is 38.3 Å². The van der Waals surface area contributed by atoms with Gasteiger partial charge in [-0.3, -0.25) is 13.9 Å². The summed E-state index contributed by atoms with van der Waals surface area (Å²) in [4.78, 5) is 28.0. The summed E-state index contributed by atoms with van der Waals surface area (Å²) in [6.07, 6.45) is 0. The molecular formula is C27H29BrClN3O4S. The monoisotopic (exact) mass is 605 g/mol. The summed E-state index contributed by atoms with van der Waals surface area (Å²) in [6.45, 7) is 5.18. The maximum absolute atomic E-state index is 13.8. The zero-order valence-corrected chi connectivity index (χ0v) is 24.0. The number of amides is 2. The highest BCUT2D eigenvalue weighted by atomic mass is 79.9. The van der Waals surface area contributed by atoms with Crippen molar-refractivity contribution < 1.29 is 18.0 Å². The van der Waals surface area contributed by atoms with Crippen LogP contribution < -0.4 is 9.62 Å². The van der Waals surface area contributed by atoms with Gasteiger partial charge in [0.2, 0.25) is 11.8 Å². The molecule has 3 aromatic carbocycles. The summed E-state index contributed by atoms with van der Waals surface area (Å²) < 4.78 is 29.5. The Morgan fingerprint density at radius 2 is 1.68 bits per heavy atom. The van der Waals surface area contributed by atoms with Gasteiger partial charge in [0.05, 0.1) is 10.6 Å². The zero-order valence-electron chi connectivity index (χ0n) is 20.8. The minimum atomic E-state index is -4.14. The number of benzene rings is 3. The third-order valence-electron chi connectivity index (χ3n) is 5.83. The quantitative estimate of drug-likeness (QED) is 0.346. The first kappa shape index (κ1) is 28.7. The lowest BCUT2D eigenvalue weighted by atomic mass is 10.1. The average Bonchev–Trinajstić information content (AvgIpc) is 2.88. The maximum atomic E-state index is 13.8. The second-order valence-electron chi connectivity index (χ2n) is 8.47. The fraction of sp³-hybridized carbons (Fsp3) is 0.259. The van der Waals surface area contributed by atoms with Crippen molar-refractivity contribution in [1.29, 1.82) is 0 Å². The van der Waals surface area contributed by atoms with Crippen LogP contribution in [0.5, 0.6) is 0 Å². The third kappa shape index (κ3) is 7.12. The topological polar surface area (TPSA) is 86.8 Å². The number of carbonyl (C=O) groups excluding carboxylic acids is 2. The first-order valence-corrected chi connectivity index (χ1v) is 14.3. The van der Waals surface area contributed by atoms with Crippen molar-refractivity contribution in [2.75, 3.05) is 17.4 Å². The summed E-state index contributed by atoms with van der Waals surface area (Å²) in [5.74, 6) is -0.857. The molecule has 0 aliphatic rings. The van der Waals surface area contributed by atoms with Crippen molar-refractivity contribution in [3.63, 3.8) is 0 Å². The Kier molecular flexibility index (Phi) is 9.75. The molecular weight excluding hydrogens is 578 g/mol. The molecule has 0 aliphatic heterocycles. The second kappa shape index (κ2) is 12.6. The molecule has 37 heavy (non-hydrogen) atoms. The van der Waals surface area contributed by atoms with Crippen LogP contribution in [-0.4, -0.2) is 44.3 Å². The van der Waals surface area contributed by atoms with Crippen LogP contribution in [0.25, 0.3) is 0 Å². The van der Waals surface area contributed by atoms with Crippen LogP contribution >= 0.6 is 27.5 Å². The molecule has 0 aromatic heterocycles. The van der Waals surface area contributed by atoms with Crippen LogP contribution in [-0.2, 0) is 26.2 Å². The highest BCUT2D eigenvalue weighted by Gasteiger charge is 2.33. The molecule has 0 aliphatic carbocycles. The Hall–Kier alpha value is -2.88. The summed E-state index contributed by atoms with van der Waals surface area (Å²) in [5, 5.41) is 3.08. The van der Waals surface area contributed by atoms with Gasteiger partial charge in [-0.2, -0.15) is 0 Å². The van der Waals surface area contributed by atoms with E-state index < -0.39 is 28.5 Å². The predicted molar refractivity (Wildman–Crippen MR) is 150 cm³/mol. The molecule has 3 rings (SSSR count). The smallest absolute Gasteiger partial charge is 0.264 e. The molecule has 0 spiro atoms. The van der Waals surface area contributed by atoms with Gasteiger partial charge < -0.3 is 10.2 Å². The molecule has 0 heterocycles. The largest absolute Gasteiger partial charge is 0.355 e. The number of carbonyl (C=O) groups is 2. The first-order chi connectivity index (χ1) is 17.5. The van der Waals surface area contributed by atoms with Crippen molar-refractivity contribution >= 4 is 55.1 Å². The molecule has 7 nitrogen and oxygen atoms in total. The van der Waals surface area contributed by atoms with Crippen LogP contribution in [0.1, 0.15) is 25.0 Å². The number of aryl methyl sites for hydroxylation is 1. The summed E-state index contributed by atoms with van der Waals surface area (Å²) in [6, 6.07) is 19.3. The number of nitrogens with zero attached hydrogens (tertiary/aromatic N) is 2. The number of nitrogens with one attached hydrogen (secondary N) is 1. The van der Waals surface area contributed by atoms with Gasteiger partial charge in [-0.1, -0.05) is 63.9 Å². The number of rotatable bonds is 10. The lowest BCUT2D eigenvalue weighted by molar-refractivity contribution is -0.139. The van der Waals surface area contributed by atoms with Gasteiger partial charge in [-0.05, 0) is 68.3 Å². The average molecular weight is 607 g/mol. The molecule has 2 amide bonds. The second-order valence-corrected chi connectivity index (χ2v) is 11.7. The number of hydrogen-bond acceptors (Lipinski definition) is 4. The van der Waals surface area contributed by atoms with E-state index >= 15 is 0 Å². The normalized spacial score (nSPS) is 12.0. The number of anilines is 1. The fourth-order valence-corrected chi connectivity index (χ4v) is 5.70. The highest BCUT2D eigenvalue weighted by Crippen LogP contribution is 2.30. The molecule has 0 radical (unpaired) electrons. The highest BCUT2D eigenvalue weighted by molar-refractivity contribution is 9.10. The Labute approximate surface area is 231 Å². The van der Waals surface area contributed by atoms with E-state index in [4.69, 9.17) is 11.6 Å². The molecule has 3 aromatic rings. The van der Waals surface area contributed by atoms with Crippen molar-refractivity contribution in [2.24, 2.45) is 0 Å². The number of hydrogen-bond donors (Lipinski definition) is 1. The Morgan fingerprint density at radius 1 is 1.03 bits per heavy atom. The van der Waals surface area contributed by atoms with Crippen LogP contribution in [0.15, 0.2) is 82.2 Å². The molecule has 0 unspecified atom stereocenters. The maximum Gasteiger partial charge on any atom is 0.264 e. The Bertz CT molecular complexity index is 1350. The summed E-state index contributed by atoms with van der Waals surface area (Å²) >= 11 is 9.63. The molecule has 0 fully saturated rings. The molecule has 0 saturated heterocycles. The first-order valence-electron chi connectivity index (χ1n) is 11.7. The summed E-state index contributed by atoms with van der Waals surface area (Å²) in [5.41, 5.74) is 1.72. The van der Waals surface area contributed by atoms with E-state index in [-0.39, 0.29) is 17.3 Å². The molecule has 0 bridgehead atoms. The van der Waals surface area contributed by atoms with Crippen LogP contribution in [0.3, 0.4) is 0 Å². The fourth-order valence-electron chi connectivity index (χ4n) is 3.78. The van der Waals surface area contributed by atoms with Gasteiger partial charge in [-0.25, -0.2) is 8.42 Å². The van der Waals surface area contributed by atoms with E-state index in [1.165, 1.54) is 23.1 Å². The third-order valence-corrected chi connectivity index (χ3v) is 8.37. The Balaban J connectivity index is 2.05. The summed E-state index contributed by atoms with van der Waals surface area (Å²) in [7, 11) is -4.14. The van der Waals surface area contributed by atoms with Crippen LogP contribution in [0.2, 0.25) is 5.02 Å². The molecule has 10 heteroatoms. The number of halogens is 2. The van der Waals surface area contributed by atoms with Gasteiger partial charge >= 0.3 is 0 Å². The van der Waals surface area contributed by atoms with Gasteiger partial charge in [0.1, 0.15) is 12.6 Å². The van der Waals surface area contributed by atoms with Gasteiger partial charge in [0.15, 0.2) is 0 Å². The minimum absolute atomic E-state index is 0.0402. The van der Waals surface area contributed by atoms with Gasteiger partial charge in [0, 0.05) is 22.6 Å². The molecule has 1 atom stereocenters. The van der Waals surface area contributed by atoms with Crippen molar-refractivity contribution in [3.8, 4) is 0 Å². The number of likely N-dealkylation sites (N-methyl/N-ethyl adjacent to an activating group) is 1. The minimum Gasteiger partial charge on any atom is -0.355 e. The molecule has 1 N–H and O–H groups in total. The molecule has 0 saturated carbocycles. The van der Waals surface area contributed by atoms with Gasteiger partial charge in [0.25, 0.3) is 10.0 Å². The van der Waals surface area contributed by atoms with Crippen molar-refractivity contribution in [3.05, 3.63) is 93.4 Å². The standard InChI is InChI=1S/C27H29BrClN3O4S/c1-4-30-27(34)20(3)31(17-21-11-13-22(28)14-12-21)26(33)18-32(25-16-23(29)15-10-19(25)2)37(35,36)24-8-6-5-7-9-24/h5-16,20H,4,17-18H2,1-3H3,(H,30,34)/t20-/m0/s1. The van der Waals surface area contributed by atoms with E-state index in [1.807, 2.05) is 24.3 Å². The zero-order chi connectivity index (χ0) is 27.2.